The first-order chi connectivity index (χ1) is 9.06. The SMILES string of the molecule is NC1CCCC2CN(S(=O)(=O)CC3CCOC3)CC12. The van der Waals surface area contributed by atoms with Gasteiger partial charge in [-0.25, -0.2) is 12.7 Å². The molecule has 2 aliphatic heterocycles. The van der Waals surface area contributed by atoms with Crippen molar-refractivity contribution in [3.05, 3.63) is 0 Å². The van der Waals surface area contributed by atoms with Crippen LogP contribution in [-0.4, -0.2) is 50.8 Å². The molecule has 1 aliphatic carbocycles. The summed E-state index contributed by atoms with van der Waals surface area (Å²) in [5.74, 6) is 1.30. The van der Waals surface area contributed by atoms with Crippen LogP contribution in [0, 0.1) is 17.8 Å². The fourth-order valence-electron chi connectivity index (χ4n) is 3.82. The number of fused-ring (bicyclic) bond motifs is 1. The van der Waals surface area contributed by atoms with Gasteiger partial charge in [0.15, 0.2) is 0 Å². The third kappa shape index (κ3) is 2.82. The summed E-state index contributed by atoms with van der Waals surface area (Å²) in [5, 5.41) is 0. The molecule has 2 heterocycles. The predicted molar refractivity (Wildman–Crippen MR) is 73.1 cm³/mol. The highest BCUT2D eigenvalue weighted by Crippen LogP contribution is 2.37. The van der Waals surface area contributed by atoms with Crippen molar-refractivity contribution in [1.82, 2.24) is 4.31 Å². The second-order valence-corrected chi connectivity index (χ2v) is 8.36. The fourth-order valence-corrected chi connectivity index (χ4v) is 5.71. The van der Waals surface area contributed by atoms with Gasteiger partial charge in [0.2, 0.25) is 10.0 Å². The van der Waals surface area contributed by atoms with E-state index >= 15 is 0 Å². The Kier molecular flexibility index (Phi) is 3.86. The molecule has 0 amide bonds. The van der Waals surface area contributed by atoms with Gasteiger partial charge in [0.1, 0.15) is 0 Å². The van der Waals surface area contributed by atoms with Crippen LogP contribution < -0.4 is 5.73 Å². The van der Waals surface area contributed by atoms with Crippen molar-refractivity contribution in [3.63, 3.8) is 0 Å². The van der Waals surface area contributed by atoms with Gasteiger partial charge >= 0.3 is 0 Å². The summed E-state index contributed by atoms with van der Waals surface area (Å²) in [4.78, 5) is 0. The van der Waals surface area contributed by atoms with E-state index in [0.717, 1.165) is 25.7 Å². The Morgan fingerprint density at radius 1 is 1.21 bits per heavy atom. The van der Waals surface area contributed by atoms with Crippen LogP contribution in [0.3, 0.4) is 0 Å². The fraction of sp³-hybridized carbons (Fsp3) is 1.00. The Bertz CT molecular complexity index is 420. The van der Waals surface area contributed by atoms with Crippen molar-refractivity contribution < 1.29 is 13.2 Å². The number of nitrogens with zero attached hydrogens (tertiary/aromatic N) is 1. The van der Waals surface area contributed by atoms with E-state index in [0.29, 0.717) is 38.1 Å². The van der Waals surface area contributed by atoms with E-state index in [1.165, 1.54) is 0 Å². The summed E-state index contributed by atoms with van der Waals surface area (Å²) in [7, 11) is -3.13. The molecule has 110 valence electrons. The van der Waals surface area contributed by atoms with E-state index in [-0.39, 0.29) is 17.7 Å². The van der Waals surface area contributed by atoms with Crippen molar-refractivity contribution in [2.45, 2.75) is 31.7 Å². The molecule has 0 radical (unpaired) electrons. The zero-order valence-corrected chi connectivity index (χ0v) is 12.1. The molecule has 4 unspecified atom stereocenters. The molecule has 0 aromatic rings. The van der Waals surface area contributed by atoms with Crippen molar-refractivity contribution in [2.24, 2.45) is 23.5 Å². The minimum Gasteiger partial charge on any atom is -0.381 e. The average Bonchev–Trinajstić information content (AvgIpc) is 2.97. The van der Waals surface area contributed by atoms with Crippen LogP contribution in [0.2, 0.25) is 0 Å². The molecule has 4 atom stereocenters. The minimum absolute atomic E-state index is 0.182. The molecule has 6 heteroatoms. The van der Waals surface area contributed by atoms with Crippen LogP contribution >= 0.6 is 0 Å². The van der Waals surface area contributed by atoms with Gasteiger partial charge in [0.25, 0.3) is 0 Å². The Morgan fingerprint density at radius 3 is 2.74 bits per heavy atom. The molecule has 0 bridgehead atoms. The van der Waals surface area contributed by atoms with E-state index in [9.17, 15) is 8.42 Å². The maximum atomic E-state index is 12.5. The minimum atomic E-state index is -3.13. The van der Waals surface area contributed by atoms with Gasteiger partial charge < -0.3 is 10.5 Å². The average molecular weight is 288 g/mol. The third-order valence-electron chi connectivity index (χ3n) is 4.98. The normalized spacial score (nSPS) is 40.5. The Balaban J connectivity index is 1.65. The first-order valence-corrected chi connectivity index (χ1v) is 8.98. The molecule has 0 aromatic carbocycles. The third-order valence-corrected chi connectivity index (χ3v) is 6.96. The molecule has 3 aliphatic rings. The van der Waals surface area contributed by atoms with Gasteiger partial charge in [-0.2, -0.15) is 0 Å². The molecule has 3 fully saturated rings. The van der Waals surface area contributed by atoms with Crippen LogP contribution in [0.1, 0.15) is 25.7 Å². The molecule has 0 spiro atoms. The maximum absolute atomic E-state index is 12.5. The number of hydrogen-bond acceptors (Lipinski definition) is 4. The number of sulfonamides is 1. The van der Waals surface area contributed by atoms with E-state index in [4.69, 9.17) is 10.5 Å². The van der Waals surface area contributed by atoms with Crippen LogP contribution in [0.4, 0.5) is 0 Å². The quantitative estimate of drug-likeness (QED) is 0.816. The molecule has 2 saturated heterocycles. The van der Waals surface area contributed by atoms with E-state index in [1.807, 2.05) is 0 Å². The van der Waals surface area contributed by atoms with Crippen molar-refractivity contribution in [3.8, 4) is 0 Å². The second kappa shape index (κ2) is 5.31. The summed E-state index contributed by atoms with van der Waals surface area (Å²) in [6, 6.07) is 0.189. The number of rotatable bonds is 3. The highest BCUT2D eigenvalue weighted by Gasteiger charge is 2.43. The Labute approximate surface area is 115 Å². The lowest BCUT2D eigenvalue weighted by Crippen LogP contribution is -2.39. The van der Waals surface area contributed by atoms with E-state index in [1.54, 1.807) is 4.31 Å². The van der Waals surface area contributed by atoms with Gasteiger partial charge in [-0.15, -0.1) is 0 Å². The summed E-state index contributed by atoms with van der Waals surface area (Å²) in [6.07, 6.45) is 4.20. The molecule has 3 rings (SSSR count). The maximum Gasteiger partial charge on any atom is 0.214 e. The highest BCUT2D eigenvalue weighted by atomic mass is 32.2. The number of nitrogens with two attached hydrogens (primary N) is 1. The second-order valence-electron chi connectivity index (χ2n) is 6.34. The van der Waals surface area contributed by atoms with Gasteiger partial charge in [-0.05, 0) is 37.0 Å². The monoisotopic (exact) mass is 288 g/mol. The lowest BCUT2D eigenvalue weighted by Gasteiger charge is -2.29. The van der Waals surface area contributed by atoms with Gasteiger partial charge in [-0.1, -0.05) is 6.42 Å². The molecular weight excluding hydrogens is 264 g/mol. The first kappa shape index (κ1) is 13.8. The topological polar surface area (TPSA) is 72.6 Å². The van der Waals surface area contributed by atoms with Gasteiger partial charge in [0.05, 0.1) is 12.4 Å². The van der Waals surface area contributed by atoms with E-state index < -0.39 is 10.0 Å². The summed E-state index contributed by atoms with van der Waals surface area (Å²) >= 11 is 0. The molecule has 5 nitrogen and oxygen atoms in total. The zero-order chi connectivity index (χ0) is 13.5. The van der Waals surface area contributed by atoms with Crippen LogP contribution in [0.5, 0.6) is 0 Å². The number of ether oxygens (including phenoxy) is 1. The summed E-state index contributed by atoms with van der Waals surface area (Å²) < 4.78 is 31.9. The molecule has 19 heavy (non-hydrogen) atoms. The Hall–Kier alpha value is -0.170. The zero-order valence-electron chi connectivity index (χ0n) is 11.3. The summed E-state index contributed by atoms with van der Waals surface area (Å²) in [6.45, 7) is 2.63. The standard InChI is InChI=1S/C13H24N2O3S/c14-13-3-1-2-11-6-15(7-12(11)13)19(16,17)9-10-4-5-18-8-10/h10-13H,1-9,14H2. The van der Waals surface area contributed by atoms with Crippen LogP contribution in [-0.2, 0) is 14.8 Å². The predicted octanol–water partition coefficient (Wildman–Crippen LogP) is 0.412. The van der Waals surface area contributed by atoms with Crippen molar-refractivity contribution in [2.75, 3.05) is 32.1 Å². The van der Waals surface area contributed by atoms with Crippen LogP contribution in [0.25, 0.3) is 0 Å². The molecule has 2 N–H and O–H groups in total. The summed E-state index contributed by atoms with van der Waals surface area (Å²) in [5.41, 5.74) is 6.15. The Morgan fingerprint density at radius 2 is 2.05 bits per heavy atom. The van der Waals surface area contributed by atoms with E-state index in [2.05, 4.69) is 0 Å². The molecular formula is C13H24N2O3S. The van der Waals surface area contributed by atoms with Gasteiger partial charge in [-0.3, -0.25) is 0 Å². The van der Waals surface area contributed by atoms with Crippen LogP contribution in [0.15, 0.2) is 0 Å². The molecule has 1 saturated carbocycles. The lowest BCUT2D eigenvalue weighted by molar-refractivity contribution is 0.188. The van der Waals surface area contributed by atoms with Crippen molar-refractivity contribution >= 4 is 10.0 Å². The van der Waals surface area contributed by atoms with Gasteiger partial charge in [0, 0.05) is 25.7 Å². The first-order valence-electron chi connectivity index (χ1n) is 7.37. The smallest absolute Gasteiger partial charge is 0.214 e. The lowest BCUT2D eigenvalue weighted by atomic mass is 9.78. The highest BCUT2D eigenvalue weighted by molar-refractivity contribution is 7.89. The largest absolute Gasteiger partial charge is 0.381 e. The number of hydrogen-bond donors (Lipinski definition) is 1. The molecule has 0 aromatic heterocycles. The van der Waals surface area contributed by atoms with Crippen molar-refractivity contribution in [1.29, 1.82) is 0 Å².